The molecule has 110 valence electrons. The standard InChI is InChI=1S/C12H15N7O2/c1-6(7-4-13-14-5-7)15-11-16-8-9(17-11)18(2)12(21)19(3)10(8)20/h4-6H,1-3H3,(H,13,14)(H2,15,16,17). The molecule has 0 saturated carbocycles. The monoisotopic (exact) mass is 289 g/mol. The van der Waals surface area contributed by atoms with E-state index in [0.29, 0.717) is 17.1 Å². The molecule has 0 aliphatic carbocycles. The van der Waals surface area contributed by atoms with Crippen LogP contribution in [0, 0.1) is 0 Å². The number of aromatic nitrogens is 6. The number of aromatic amines is 2. The van der Waals surface area contributed by atoms with Gasteiger partial charge >= 0.3 is 5.69 Å². The van der Waals surface area contributed by atoms with E-state index < -0.39 is 11.2 Å². The van der Waals surface area contributed by atoms with Crippen LogP contribution < -0.4 is 16.6 Å². The summed E-state index contributed by atoms with van der Waals surface area (Å²) in [6.45, 7) is 1.94. The SMILES string of the molecule is CC(Nc1nc2c([nH]1)c(=O)n(C)c(=O)n2C)c1cn[nH]c1. The molecular weight excluding hydrogens is 274 g/mol. The Morgan fingerprint density at radius 2 is 2.05 bits per heavy atom. The van der Waals surface area contributed by atoms with E-state index in [9.17, 15) is 9.59 Å². The van der Waals surface area contributed by atoms with Gasteiger partial charge in [0.05, 0.1) is 12.2 Å². The van der Waals surface area contributed by atoms with Crippen LogP contribution in [0.15, 0.2) is 22.0 Å². The summed E-state index contributed by atoms with van der Waals surface area (Å²) in [5.74, 6) is 0.428. The van der Waals surface area contributed by atoms with Gasteiger partial charge < -0.3 is 10.3 Å². The maximum atomic E-state index is 12.1. The quantitative estimate of drug-likeness (QED) is 0.621. The predicted octanol–water partition coefficient (Wildman–Crippen LogP) is -0.143. The second-order valence-electron chi connectivity index (χ2n) is 4.89. The number of aryl methyl sites for hydroxylation is 1. The molecule has 0 amide bonds. The number of nitrogens with zero attached hydrogens (tertiary/aromatic N) is 4. The maximum absolute atomic E-state index is 12.1. The highest BCUT2D eigenvalue weighted by Crippen LogP contribution is 2.17. The van der Waals surface area contributed by atoms with Crippen LogP contribution in [-0.4, -0.2) is 29.3 Å². The maximum Gasteiger partial charge on any atom is 0.332 e. The molecule has 3 N–H and O–H groups in total. The zero-order valence-electron chi connectivity index (χ0n) is 11.8. The van der Waals surface area contributed by atoms with E-state index in [0.717, 1.165) is 10.1 Å². The lowest BCUT2D eigenvalue weighted by molar-refractivity contribution is 0.708. The van der Waals surface area contributed by atoms with Gasteiger partial charge in [-0.25, -0.2) is 4.79 Å². The van der Waals surface area contributed by atoms with Crippen molar-refractivity contribution in [2.45, 2.75) is 13.0 Å². The van der Waals surface area contributed by atoms with Crippen molar-refractivity contribution in [1.82, 2.24) is 29.3 Å². The molecule has 3 heterocycles. The molecule has 9 nitrogen and oxygen atoms in total. The third-order valence-electron chi connectivity index (χ3n) is 3.47. The van der Waals surface area contributed by atoms with Crippen molar-refractivity contribution in [2.24, 2.45) is 14.1 Å². The van der Waals surface area contributed by atoms with E-state index in [4.69, 9.17) is 0 Å². The zero-order valence-corrected chi connectivity index (χ0v) is 11.8. The predicted molar refractivity (Wildman–Crippen MR) is 77.2 cm³/mol. The van der Waals surface area contributed by atoms with Gasteiger partial charge in [-0.3, -0.25) is 19.0 Å². The lowest BCUT2D eigenvalue weighted by Crippen LogP contribution is -2.36. The fraction of sp³-hybridized carbons (Fsp3) is 0.333. The fourth-order valence-corrected chi connectivity index (χ4v) is 2.18. The summed E-state index contributed by atoms with van der Waals surface area (Å²) in [6.07, 6.45) is 3.48. The van der Waals surface area contributed by atoms with Gasteiger partial charge in [-0.1, -0.05) is 0 Å². The van der Waals surface area contributed by atoms with E-state index in [1.54, 1.807) is 19.4 Å². The highest BCUT2D eigenvalue weighted by molar-refractivity contribution is 5.72. The molecule has 3 aromatic heterocycles. The van der Waals surface area contributed by atoms with Crippen LogP contribution in [0.1, 0.15) is 18.5 Å². The van der Waals surface area contributed by atoms with Gasteiger partial charge in [0.25, 0.3) is 5.56 Å². The van der Waals surface area contributed by atoms with Crippen molar-refractivity contribution in [3.8, 4) is 0 Å². The van der Waals surface area contributed by atoms with Gasteiger partial charge in [-0.05, 0) is 6.92 Å². The molecule has 0 fully saturated rings. The summed E-state index contributed by atoms with van der Waals surface area (Å²) in [7, 11) is 3.01. The molecular formula is C12H15N7O2. The molecule has 21 heavy (non-hydrogen) atoms. The molecule has 3 aromatic rings. The highest BCUT2D eigenvalue weighted by atomic mass is 16.2. The first-order valence-corrected chi connectivity index (χ1v) is 6.40. The normalized spacial score (nSPS) is 12.7. The first kappa shape index (κ1) is 13.2. The van der Waals surface area contributed by atoms with Gasteiger partial charge in [0, 0.05) is 25.9 Å². The van der Waals surface area contributed by atoms with Crippen molar-refractivity contribution in [1.29, 1.82) is 0 Å². The Hall–Kier alpha value is -2.84. The number of nitrogens with one attached hydrogen (secondary N) is 3. The molecule has 0 spiro atoms. The smallest absolute Gasteiger partial charge is 0.332 e. The van der Waals surface area contributed by atoms with Crippen LogP contribution >= 0.6 is 0 Å². The summed E-state index contributed by atoms with van der Waals surface area (Å²) < 4.78 is 2.38. The van der Waals surface area contributed by atoms with E-state index in [1.165, 1.54) is 11.6 Å². The topological polar surface area (TPSA) is 113 Å². The van der Waals surface area contributed by atoms with Gasteiger partial charge in [-0.2, -0.15) is 10.1 Å². The molecule has 3 rings (SSSR count). The lowest BCUT2D eigenvalue weighted by Gasteiger charge is -2.09. The lowest BCUT2D eigenvalue weighted by atomic mass is 10.2. The summed E-state index contributed by atoms with van der Waals surface area (Å²) in [4.78, 5) is 31.1. The third kappa shape index (κ3) is 2.02. The Morgan fingerprint density at radius 3 is 2.71 bits per heavy atom. The highest BCUT2D eigenvalue weighted by Gasteiger charge is 2.15. The van der Waals surface area contributed by atoms with Gasteiger partial charge in [0.2, 0.25) is 5.95 Å². The van der Waals surface area contributed by atoms with Crippen LogP contribution in [-0.2, 0) is 14.1 Å². The van der Waals surface area contributed by atoms with Crippen molar-refractivity contribution in [3.05, 3.63) is 38.8 Å². The van der Waals surface area contributed by atoms with Crippen LogP contribution in [0.3, 0.4) is 0 Å². The minimum atomic E-state index is -0.409. The van der Waals surface area contributed by atoms with Gasteiger partial charge in [0.15, 0.2) is 11.2 Å². The minimum absolute atomic E-state index is 0.0507. The molecule has 0 radical (unpaired) electrons. The van der Waals surface area contributed by atoms with Crippen molar-refractivity contribution < 1.29 is 0 Å². The summed E-state index contributed by atoms with van der Waals surface area (Å²) in [5.41, 5.74) is 0.766. The van der Waals surface area contributed by atoms with E-state index in [2.05, 4.69) is 25.5 Å². The molecule has 0 bridgehead atoms. The van der Waals surface area contributed by atoms with Crippen molar-refractivity contribution in [2.75, 3.05) is 5.32 Å². The Morgan fingerprint density at radius 1 is 1.29 bits per heavy atom. The van der Waals surface area contributed by atoms with Crippen LogP contribution in [0.4, 0.5) is 5.95 Å². The number of H-pyrrole nitrogens is 2. The zero-order chi connectivity index (χ0) is 15.1. The van der Waals surface area contributed by atoms with Crippen LogP contribution in [0.25, 0.3) is 11.2 Å². The molecule has 0 saturated heterocycles. The number of anilines is 1. The molecule has 0 aromatic carbocycles. The molecule has 9 heteroatoms. The second kappa shape index (κ2) is 4.62. The Kier molecular flexibility index (Phi) is 2.89. The molecule has 0 aliphatic heterocycles. The second-order valence-corrected chi connectivity index (χ2v) is 4.89. The fourth-order valence-electron chi connectivity index (χ4n) is 2.18. The van der Waals surface area contributed by atoms with Crippen LogP contribution in [0.2, 0.25) is 0 Å². The van der Waals surface area contributed by atoms with E-state index >= 15 is 0 Å². The van der Waals surface area contributed by atoms with E-state index in [-0.39, 0.29) is 6.04 Å². The minimum Gasteiger partial charge on any atom is -0.349 e. The average molecular weight is 289 g/mol. The third-order valence-corrected chi connectivity index (χ3v) is 3.47. The number of rotatable bonds is 3. The summed E-state index contributed by atoms with van der Waals surface area (Å²) >= 11 is 0. The summed E-state index contributed by atoms with van der Waals surface area (Å²) in [5, 5.41) is 9.76. The molecule has 0 aliphatic rings. The van der Waals surface area contributed by atoms with Gasteiger partial charge in [0.1, 0.15) is 0 Å². The number of hydrogen-bond donors (Lipinski definition) is 3. The number of imidazole rings is 1. The first-order chi connectivity index (χ1) is 9.99. The number of fused-ring (bicyclic) bond motifs is 1. The van der Waals surface area contributed by atoms with E-state index in [1.807, 2.05) is 6.92 Å². The first-order valence-electron chi connectivity index (χ1n) is 6.40. The van der Waals surface area contributed by atoms with Crippen LogP contribution in [0.5, 0.6) is 0 Å². The average Bonchev–Trinajstić information content (AvgIpc) is 3.12. The largest absolute Gasteiger partial charge is 0.349 e. The summed E-state index contributed by atoms with van der Waals surface area (Å²) in [6, 6.07) is -0.0507. The molecule has 1 atom stereocenters. The Bertz CT molecular complexity index is 900. The number of hydrogen-bond acceptors (Lipinski definition) is 5. The van der Waals surface area contributed by atoms with Gasteiger partial charge in [-0.15, -0.1) is 0 Å². The van der Waals surface area contributed by atoms with Crippen molar-refractivity contribution >= 4 is 17.1 Å². The Labute approximate surface area is 118 Å². The molecule has 1 unspecified atom stereocenters. The van der Waals surface area contributed by atoms with Crippen molar-refractivity contribution in [3.63, 3.8) is 0 Å². The Balaban J connectivity index is 2.06.